The van der Waals surface area contributed by atoms with Gasteiger partial charge in [-0.15, -0.1) is 14.5 Å². The van der Waals surface area contributed by atoms with Gasteiger partial charge in [-0.1, -0.05) is 6.08 Å². The molecule has 2 atom stereocenters. The standard InChI is InChI=1S/C5H9P/c1-3-5-4-6(5)2/h3,5H,1,4H2,2H3/t5-,6-/m1/s1. The van der Waals surface area contributed by atoms with Gasteiger partial charge in [0.1, 0.15) is 0 Å². The van der Waals surface area contributed by atoms with Gasteiger partial charge >= 0.3 is 0 Å². The van der Waals surface area contributed by atoms with E-state index in [1.807, 2.05) is 0 Å². The van der Waals surface area contributed by atoms with Crippen molar-refractivity contribution in [3.8, 4) is 0 Å². The van der Waals surface area contributed by atoms with E-state index in [1.165, 1.54) is 6.16 Å². The molecule has 0 aromatic rings. The molecule has 1 rings (SSSR count). The van der Waals surface area contributed by atoms with Crippen molar-refractivity contribution in [1.29, 1.82) is 0 Å². The Morgan fingerprint density at radius 1 is 2.00 bits per heavy atom. The maximum atomic E-state index is 3.69. The molecular formula is C5H9P. The van der Waals surface area contributed by atoms with Gasteiger partial charge in [0.2, 0.25) is 0 Å². The van der Waals surface area contributed by atoms with Crippen molar-refractivity contribution in [2.45, 2.75) is 5.66 Å². The summed E-state index contributed by atoms with van der Waals surface area (Å²) in [6.45, 7) is 6.01. The normalized spacial score (nSPS) is 42.2. The monoisotopic (exact) mass is 100 g/mol. The molecule has 0 N–H and O–H groups in total. The van der Waals surface area contributed by atoms with Crippen LogP contribution in [0.1, 0.15) is 0 Å². The predicted molar refractivity (Wildman–Crippen MR) is 31.7 cm³/mol. The van der Waals surface area contributed by atoms with E-state index < -0.39 is 0 Å². The molecular weight excluding hydrogens is 91.0 g/mol. The topological polar surface area (TPSA) is 0 Å². The Bertz CT molecular complexity index is 68.3. The van der Waals surface area contributed by atoms with Crippen molar-refractivity contribution < 1.29 is 0 Å². The molecule has 0 bridgehead atoms. The second-order valence-electron chi connectivity index (χ2n) is 1.74. The van der Waals surface area contributed by atoms with Crippen LogP contribution in [-0.4, -0.2) is 18.5 Å². The van der Waals surface area contributed by atoms with Crippen LogP contribution in [0.3, 0.4) is 0 Å². The van der Waals surface area contributed by atoms with Gasteiger partial charge in [-0.05, 0) is 12.8 Å². The van der Waals surface area contributed by atoms with Gasteiger partial charge in [0.15, 0.2) is 0 Å². The van der Waals surface area contributed by atoms with Crippen molar-refractivity contribution in [3.05, 3.63) is 12.7 Å². The molecule has 1 heteroatoms. The van der Waals surface area contributed by atoms with E-state index in [-0.39, 0.29) is 0 Å². The lowest BCUT2D eigenvalue weighted by Crippen LogP contribution is -1.64. The van der Waals surface area contributed by atoms with E-state index in [2.05, 4.69) is 19.3 Å². The molecule has 34 valence electrons. The number of allylic oxidation sites excluding steroid dienone is 1. The molecule has 1 aliphatic heterocycles. The second-order valence-corrected chi connectivity index (χ2v) is 4.29. The highest BCUT2D eigenvalue weighted by Gasteiger charge is 2.27. The van der Waals surface area contributed by atoms with Crippen molar-refractivity contribution in [2.75, 3.05) is 12.8 Å². The molecule has 0 saturated carbocycles. The maximum absolute atomic E-state index is 3.69. The van der Waals surface area contributed by atoms with E-state index in [0.717, 1.165) is 5.66 Å². The Morgan fingerprint density at radius 3 is 2.50 bits per heavy atom. The van der Waals surface area contributed by atoms with E-state index in [4.69, 9.17) is 0 Å². The minimum absolute atomic E-state index is 0.448. The van der Waals surface area contributed by atoms with Crippen molar-refractivity contribution >= 4 is 7.92 Å². The zero-order valence-electron chi connectivity index (χ0n) is 4.02. The van der Waals surface area contributed by atoms with Gasteiger partial charge in [-0.2, -0.15) is 0 Å². The van der Waals surface area contributed by atoms with Crippen LogP contribution in [0.15, 0.2) is 12.7 Å². The summed E-state index contributed by atoms with van der Waals surface area (Å²) in [6, 6.07) is 0. The largest absolute Gasteiger partial charge is 0.102 e. The third-order valence-electron chi connectivity index (χ3n) is 1.18. The average Bonchev–Trinajstić information content (AvgIpc) is 2.19. The zero-order chi connectivity index (χ0) is 4.57. The van der Waals surface area contributed by atoms with Gasteiger partial charge in [-0.25, -0.2) is 0 Å². The molecule has 0 spiro atoms. The molecule has 0 radical (unpaired) electrons. The first kappa shape index (κ1) is 4.33. The van der Waals surface area contributed by atoms with Crippen LogP contribution in [0.25, 0.3) is 0 Å². The third kappa shape index (κ3) is 0.628. The Labute approximate surface area is 40.0 Å². The van der Waals surface area contributed by atoms with Crippen LogP contribution in [0.2, 0.25) is 0 Å². The Morgan fingerprint density at radius 2 is 2.50 bits per heavy atom. The number of rotatable bonds is 1. The van der Waals surface area contributed by atoms with Crippen molar-refractivity contribution in [3.63, 3.8) is 0 Å². The van der Waals surface area contributed by atoms with Gasteiger partial charge in [-0.3, -0.25) is 0 Å². The Hall–Kier alpha value is 0.170. The summed E-state index contributed by atoms with van der Waals surface area (Å²) in [5, 5.41) is 0. The number of hydrogen-bond donors (Lipinski definition) is 0. The molecule has 1 aliphatic rings. The Kier molecular flexibility index (Phi) is 0.972. The van der Waals surface area contributed by atoms with Crippen LogP contribution in [0.4, 0.5) is 0 Å². The quantitative estimate of drug-likeness (QED) is 0.347. The molecule has 0 nitrogen and oxygen atoms in total. The number of hydrogen-bond acceptors (Lipinski definition) is 0. The molecule has 0 aromatic carbocycles. The lowest BCUT2D eigenvalue weighted by atomic mass is 10.5. The summed E-state index contributed by atoms with van der Waals surface area (Å²) in [5.41, 5.74) is 0.931. The summed E-state index contributed by atoms with van der Waals surface area (Å²) < 4.78 is 0. The molecule has 0 unspecified atom stereocenters. The first-order chi connectivity index (χ1) is 2.84. The van der Waals surface area contributed by atoms with Crippen LogP contribution in [-0.2, 0) is 0 Å². The smallest absolute Gasteiger partial charge is 0.000492 e. The molecule has 6 heavy (non-hydrogen) atoms. The van der Waals surface area contributed by atoms with Gasteiger partial charge in [0.05, 0.1) is 0 Å². The fraction of sp³-hybridized carbons (Fsp3) is 0.600. The summed E-state index contributed by atoms with van der Waals surface area (Å²) in [6.07, 6.45) is 3.52. The second kappa shape index (κ2) is 1.35. The van der Waals surface area contributed by atoms with E-state index in [0.29, 0.717) is 7.92 Å². The van der Waals surface area contributed by atoms with E-state index in [1.54, 1.807) is 0 Å². The summed E-state index contributed by atoms with van der Waals surface area (Å²) in [4.78, 5) is 0. The Balaban J connectivity index is 2.25. The minimum Gasteiger partial charge on any atom is -0.102 e. The highest BCUT2D eigenvalue weighted by molar-refractivity contribution is 7.65. The molecule has 0 aromatic heterocycles. The van der Waals surface area contributed by atoms with E-state index in [9.17, 15) is 0 Å². The van der Waals surface area contributed by atoms with Crippen molar-refractivity contribution in [2.24, 2.45) is 0 Å². The molecule has 1 fully saturated rings. The first-order valence-electron chi connectivity index (χ1n) is 2.17. The molecule has 0 aliphatic carbocycles. The average molecular weight is 100 g/mol. The van der Waals surface area contributed by atoms with E-state index >= 15 is 0 Å². The highest BCUT2D eigenvalue weighted by Crippen LogP contribution is 2.55. The molecule has 1 heterocycles. The SMILES string of the molecule is C=C[C@@H]1C[P@@]1C. The highest BCUT2D eigenvalue weighted by atomic mass is 31.1. The first-order valence-corrected chi connectivity index (χ1v) is 4.21. The van der Waals surface area contributed by atoms with Crippen LogP contribution in [0, 0.1) is 0 Å². The van der Waals surface area contributed by atoms with Crippen LogP contribution < -0.4 is 0 Å². The van der Waals surface area contributed by atoms with Crippen molar-refractivity contribution in [1.82, 2.24) is 0 Å². The summed E-state index contributed by atoms with van der Waals surface area (Å²) >= 11 is 0. The van der Waals surface area contributed by atoms with Gasteiger partial charge in [0, 0.05) is 5.66 Å². The summed E-state index contributed by atoms with van der Waals surface area (Å²) in [5.74, 6) is 0. The van der Waals surface area contributed by atoms with Crippen LogP contribution >= 0.6 is 7.92 Å². The lowest BCUT2D eigenvalue weighted by Gasteiger charge is -1.72. The van der Waals surface area contributed by atoms with Crippen LogP contribution in [0.5, 0.6) is 0 Å². The zero-order valence-corrected chi connectivity index (χ0v) is 4.91. The maximum Gasteiger partial charge on any atom is 0.000492 e. The minimum atomic E-state index is 0.448. The van der Waals surface area contributed by atoms with Gasteiger partial charge in [0.25, 0.3) is 0 Å². The fourth-order valence-electron chi connectivity index (χ4n) is 0.502. The molecule has 1 saturated heterocycles. The summed E-state index contributed by atoms with van der Waals surface area (Å²) in [7, 11) is 0.448. The van der Waals surface area contributed by atoms with Gasteiger partial charge < -0.3 is 0 Å². The molecule has 0 amide bonds. The fourth-order valence-corrected chi connectivity index (χ4v) is 2.00. The lowest BCUT2D eigenvalue weighted by molar-refractivity contribution is 1.42. The third-order valence-corrected chi connectivity index (χ3v) is 3.21. The predicted octanol–water partition coefficient (Wildman–Crippen LogP) is 1.67.